The number of fused-ring (bicyclic) bond motifs is 12. The van der Waals surface area contributed by atoms with E-state index in [-0.39, 0.29) is 23.0 Å². The summed E-state index contributed by atoms with van der Waals surface area (Å²) in [5.41, 5.74) is 23.4. The SMILES string of the molecule is [C-]#[N+]/C(C#N)=C1\C(=C\c2cc3sc4c(c3s2)C(c2ccc(CCCCCC)cc2)(c2ccc(CCCCCC)cc2)c2cc3c(cc2-4)C(c2ccc(CCCCCC)cc2)(c2ccc(CCCCCC)cc2)c2c-3sc3cc(/C=C4\C(=O)c5cc(C)c(C)cc5\C4=C(\C#N)[N+]#[C-])sc23)C(=O)c2cc(C)c(C)cc21. The molecule has 538 valence electrons. The molecule has 0 bridgehead atoms. The van der Waals surface area contributed by atoms with Crippen LogP contribution in [0.2, 0.25) is 0 Å². The van der Waals surface area contributed by atoms with E-state index in [1.54, 1.807) is 22.7 Å². The minimum Gasteiger partial charge on any atom is -0.289 e. The van der Waals surface area contributed by atoms with Gasteiger partial charge in [-0.05, 0) is 228 Å². The number of carbonyl (C=O) groups is 2. The van der Waals surface area contributed by atoms with Crippen molar-refractivity contribution in [2.45, 2.75) is 195 Å². The van der Waals surface area contributed by atoms with Crippen molar-refractivity contribution >= 4 is 99.0 Å². The molecule has 11 aromatic rings. The molecule has 4 aromatic heterocycles. The van der Waals surface area contributed by atoms with Gasteiger partial charge in [-0.15, -0.1) is 45.3 Å². The summed E-state index contributed by atoms with van der Waals surface area (Å²) in [7, 11) is 0. The molecule has 0 saturated carbocycles. The number of unbranched alkanes of at least 4 members (excludes halogenated alkanes) is 12. The van der Waals surface area contributed by atoms with Crippen molar-refractivity contribution in [1.29, 1.82) is 10.5 Å². The summed E-state index contributed by atoms with van der Waals surface area (Å²) in [6.07, 6.45) is 26.8. The number of Topliss-reactive ketones (excluding diaryl/α,β-unsaturated/α-hetero) is 2. The standard InChI is InChI=1S/C98H90N4O2S4/c1-11-15-19-23-27-63-31-39-67(40-32-63)97(68-41-33-64(34-42-68)28-24-20-16-12-2)81-55-78-82(56-77(81)93-89(97)95-85(107-93)53-71(105-95)51-79-87(83(57-99)101-9)73-47-59(5)61(7)49-75(73)91(79)103)98(69-43-35-65(36-44-69)29-25-21-17-13-3,70-45-37-66(38-46-70)30-26-22-18-14-4)90-94(78)108-86-54-72(106-96(86)90)52-80-88(84(58-100)102-10)74-48-60(6)62(8)50-76(74)92(80)104/h31-56H,11-30H2,1-8H3/b79-51-,80-52-,87-83-,88-84+. The van der Waals surface area contributed by atoms with Gasteiger partial charge in [0.15, 0.2) is 11.6 Å². The summed E-state index contributed by atoms with van der Waals surface area (Å²) in [5, 5.41) is 21.2. The predicted octanol–water partition coefficient (Wildman–Crippen LogP) is 27.6. The molecule has 6 nitrogen and oxygen atoms in total. The first-order chi connectivity index (χ1) is 52.7. The number of allylic oxidation sites excluding steroid dienone is 6. The Labute approximate surface area is 653 Å². The molecule has 15 rings (SSSR count). The number of hydrogen-bond acceptors (Lipinski definition) is 8. The lowest BCUT2D eigenvalue weighted by Gasteiger charge is -2.36. The van der Waals surface area contributed by atoms with Crippen LogP contribution in [-0.4, -0.2) is 11.6 Å². The van der Waals surface area contributed by atoms with Crippen molar-refractivity contribution in [1.82, 2.24) is 0 Å². The molecule has 0 fully saturated rings. The monoisotopic (exact) mass is 1480 g/mol. The quantitative estimate of drug-likeness (QED) is 0.0234. The highest BCUT2D eigenvalue weighted by atomic mass is 32.1. The van der Waals surface area contributed by atoms with Gasteiger partial charge in [0.25, 0.3) is 11.4 Å². The van der Waals surface area contributed by atoms with Gasteiger partial charge in [0, 0.05) is 73.5 Å². The first kappa shape index (κ1) is 73.6. The summed E-state index contributed by atoms with van der Waals surface area (Å²) >= 11 is 7.06. The van der Waals surface area contributed by atoms with Crippen molar-refractivity contribution in [2.75, 3.05) is 0 Å². The highest BCUT2D eigenvalue weighted by Gasteiger charge is 2.55. The molecular weight excluding hydrogens is 1390 g/mol. The Morgan fingerprint density at radius 1 is 0.389 bits per heavy atom. The molecule has 0 atom stereocenters. The van der Waals surface area contributed by atoms with Crippen LogP contribution in [0.5, 0.6) is 0 Å². The highest BCUT2D eigenvalue weighted by Crippen LogP contribution is 2.68. The number of nitrogens with zero attached hydrogens (tertiary/aromatic N) is 4. The molecule has 108 heavy (non-hydrogen) atoms. The van der Waals surface area contributed by atoms with Crippen LogP contribution in [0.3, 0.4) is 0 Å². The van der Waals surface area contributed by atoms with Crippen molar-refractivity contribution in [2.24, 2.45) is 0 Å². The Morgan fingerprint density at radius 2 is 0.685 bits per heavy atom. The summed E-state index contributed by atoms with van der Waals surface area (Å²) in [4.78, 5) is 41.6. The fraction of sp³-hybridized carbons (Fsp3) is 0.306. The molecular formula is C98H90N4O2S4. The molecule has 0 spiro atoms. The van der Waals surface area contributed by atoms with Crippen LogP contribution >= 0.6 is 45.3 Å². The number of rotatable bonds is 26. The van der Waals surface area contributed by atoms with Gasteiger partial charge in [-0.3, -0.25) is 9.59 Å². The molecule has 4 aliphatic rings. The molecule has 0 amide bonds. The molecule has 0 unspecified atom stereocenters. The van der Waals surface area contributed by atoms with Gasteiger partial charge in [0.1, 0.15) is 0 Å². The van der Waals surface area contributed by atoms with Crippen molar-refractivity contribution in [3.63, 3.8) is 0 Å². The molecule has 10 heteroatoms. The Kier molecular flexibility index (Phi) is 21.1. The maximum Gasteiger partial charge on any atom is 0.270 e. The molecule has 4 heterocycles. The third-order valence-electron chi connectivity index (χ3n) is 23.6. The smallest absolute Gasteiger partial charge is 0.270 e. The second kappa shape index (κ2) is 31.0. The Balaban J connectivity index is 1.01. The van der Waals surface area contributed by atoms with E-state index in [0.717, 1.165) is 102 Å². The molecule has 4 aliphatic carbocycles. The Bertz CT molecular complexity index is 5250. The maximum absolute atomic E-state index is 14.9. The number of benzene rings is 7. The van der Waals surface area contributed by atoms with Gasteiger partial charge in [0.05, 0.1) is 45.5 Å². The van der Waals surface area contributed by atoms with E-state index < -0.39 is 10.8 Å². The number of ketones is 2. The second-order valence-corrected chi connectivity index (χ2v) is 34.7. The number of carbonyl (C=O) groups excluding carboxylic acids is 2. The second-order valence-electron chi connectivity index (χ2n) is 30.4. The van der Waals surface area contributed by atoms with E-state index >= 15 is 0 Å². The minimum absolute atomic E-state index is 0.0867. The zero-order valence-corrected chi connectivity index (χ0v) is 66.7. The average Bonchev–Trinajstić information content (AvgIpc) is 1.49. The lowest BCUT2D eigenvalue weighted by molar-refractivity contribution is 0.103. The molecule has 0 saturated heterocycles. The van der Waals surface area contributed by atoms with E-state index in [1.165, 1.54) is 165 Å². The maximum atomic E-state index is 14.9. The normalized spacial score (nSPS) is 15.8. The number of nitriles is 2. The zero-order valence-electron chi connectivity index (χ0n) is 63.4. The van der Waals surface area contributed by atoms with Crippen molar-refractivity contribution < 1.29 is 9.59 Å². The summed E-state index contributed by atoms with van der Waals surface area (Å²) in [6.45, 7) is 33.6. The fourth-order valence-electron chi connectivity index (χ4n) is 17.7. The first-order valence-electron chi connectivity index (χ1n) is 39.2. The van der Waals surface area contributed by atoms with Crippen LogP contribution in [0.1, 0.15) is 261 Å². The summed E-state index contributed by atoms with van der Waals surface area (Å²) < 4.78 is 4.52. The Hall–Kier alpha value is -9.88. The van der Waals surface area contributed by atoms with Crippen LogP contribution in [0.25, 0.3) is 72.7 Å². The average molecular weight is 1480 g/mol. The number of hydrogen-bond donors (Lipinski definition) is 0. The van der Waals surface area contributed by atoms with Crippen molar-refractivity contribution in [3.8, 4) is 33.0 Å². The van der Waals surface area contributed by atoms with Gasteiger partial charge >= 0.3 is 0 Å². The van der Waals surface area contributed by atoms with E-state index in [1.807, 2.05) is 86.8 Å². The van der Waals surface area contributed by atoms with Gasteiger partial charge in [0.2, 0.25) is 0 Å². The van der Waals surface area contributed by atoms with Crippen LogP contribution in [-0.2, 0) is 36.5 Å². The molecule has 0 N–H and O–H groups in total. The van der Waals surface area contributed by atoms with E-state index in [4.69, 9.17) is 13.1 Å². The largest absolute Gasteiger partial charge is 0.289 e. The van der Waals surface area contributed by atoms with Crippen LogP contribution in [0, 0.1) is 63.5 Å². The molecule has 0 aliphatic heterocycles. The van der Waals surface area contributed by atoms with Crippen molar-refractivity contribution in [3.05, 3.63) is 312 Å². The van der Waals surface area contributed by atoms with Crippen LogP contribution in [0.15, 0.2) is 168 Å². The summed E-state index contributed by atoms with van der Waals surface area (Å²) in [6, 6.07) is 60.4. The van der Waals surface area contributed by atoms with Crippen LogP contribution in [0.4, 0.5) is 0 Å². The fourth-order valence-corrected chi connectivity index (χ4v) is 23.2. The van der Waals surface area contributed by atoms with Crippen LogP contribution < -0.4 is 0 Å². The third kappa shape index (κ3) is 12.7. The summed E-state index contributed by atoms with van der Waals surface area (Å²) in [5.74, 6) is -0.348. The van der Waals surface area contributed by atoms with Gasteiger partial charge in [-0.2, -0.15) is 0 Å². The third-order valence-corrected chi connectivity index (χ3v) is 28.4. The van der Waals surface area contributed by atoms with Gasteiger partial charge < -0.3 is 0 Å². The lowest BCUT2D eigenvalue weighted by Crippen LogP contribution is -2.30. The van der Waals surface area contributed by atoms with E-state index in [9.17, 15) is 20.1 Å². The van der Waals surface area contributed by atoms with Gasteiger partial charge in [-0.25, -0.2) is 20.2 Å². The lowest BCUT2D eigenvalue weighted by atomic mass is 9.65. The number of thiophene rings is 4. The first-order valence-corrected chi connectivity index (χ1v) is 42.5. The topological polar surface area (TPSA) is 90.4 Å². The predicted molar refractivity (Wildman–Crippen MR) is 454 cm³/mol. The highest BCUT2D eigenvalue weighted by molar-refractivity contribution is 7.31. The van der Waals surface area contributed by atoms with Gasteiger partial charge in [-0.1, -0.05) is 214 Å². The number of aryl methyl sites for hydroxylation is 8. The Morgan fingerprint density at radius 3 is 0.963 bits per heavy atom. The molecule has 0 radical (unpaired) electrons. The van der Waals surface area contributed by atoms with E-state index in [2.05, 4.69) is 171 Å². The zero-order chi connectivity index (χ0) is 75.1. The van der Waals surface area contributed by atoms with E-state index in [0.29, 0.717) is 44.5 Å². The minimum atomic E-state index is -0.841. The molecule has 7 aromatic carbocycles.